The van der Waals surface area contributed by atoms with Crippen LogP contribution in [-0.4, -0.2) is 40.4 Å². The van der Waals surface area contributed by atoms with Crippen LogP contribution in [0.5, 0.6) is 0 Å². The van der Waals surface area contributed by atoms with Gasteiger partial charge in [-0.25, -0.2) is 0 Å². The van der Waals surface area contributed by atoms with Crippen LogP contribution < -0.4 is 16.8 Å². The van der Waals surface area contributed by atoms with Gasteiger partial charge in [-0.3, -0.25) is 14.4 Å². The Hall–Kier alpha value is -3.03. The highest BCUT2D eigenvalue weighted by Gasteiger charge is 2.51. The largest absolute Gasteiger partial charge is 0.480 e. The highest BCUT2D eigenvalue weighted by Crippen LogP contribution is 2.35. The Labute approximate surface area is 181 Å². The van der Waals surface area contributed by atoms with Gasteiger partial charge in [0.1, 0.15) is 5.54 Å². The zero-order valence-corrected chi connectivity index (χ0v) is 17.4. The second-order valence-electron chi connectivity index (χ2n) is 8.24. The fraction of sp³-hybridized carbons (Fsp3) is 0.375. The normalized spacial score (nSPS) is 22.5. The Morgan fingerprint density at radius 2 is 1.55 bits per heavy atom. The van der Waals surface area contributed by atoms with Crippen LogP contribution in [0.2, 0.25) is 0 Å². The SMILES string of the molecule is N[C@@H](Cc1ccccc1)C(=O)N[C@@H](Cc1ccccc1)C(=O)C1CCCC1(N)C(=O)O. The number of nitrogens with one attached hydrogen (secondary N) is 1. The lowest BCUT2D eigenvalue weighted by Crippen LogP contribution is -2.58. The fourth-order valence-electron chi connectivity index (χ4n) is 4.24. The molecule has 4 atom stereocenters. The van der Waals surface area contributed by atoms with Crippen molar-refractivity contribution in [3.05, 3.63) is 71.8 Å². The lowest BCUT2D eigenvalue weighted by atomic mass is 9.81. The fourth-order valence-corrected chi connectivity index (χ4v) is 4.24. The number of hydrogen-bond donors (Lipinski definition) is 4. The molecule has 1 aliphatic carbocycles. The maximum Gasteiger partial charge on any atom is 0.324 e. The predicted octanol–water partition coefficient (Wildman–Crippen LogP) is 1.44. The topological polar surface area (TPSA) is 136 Å². The molecule has 164 valence electrons. The van der Waals surface area contributed by atoms with Crippen LogP contribution in [0.3, 0.4) is 0 Å². The van der Waals surface area contributed by atoms with Gasteiger partial charge in [-0.05, 0) is 36.8 Å². The number of carboxylic acids is 1. The van der Waals surface area contributed by atoms with Crippen molar-refractivity contribution in [3.63, 3.8) is 0 Å². The molecule has 7 nitrogen and oxygen atoms in total. The van der Waals surface area contributed by atoms with E-state index in [1.165, 1.54) is 0 Å². The molecule has 0 aromatic heterocycles. The van der Waals surface area contributed by atoms with Crippen LogP contribution in [-0.2, 0) is 27.2 Å². The van der Waals surface area contributed by atoms with Gasteiger partial charge in [0, 0.05) is 5.92 Å². The van der Waals surface area contributed by atoms with Gasteiger partial charge in [-0.2, -0.15) is 0 Å². The van der Waals surface area contributed by atoms with Crippen LogP contribution in [0.15, 0.2) is 60.7 Å². The molecule has 0 saturated heterocycles. The number of carboxylic acid groups (broad SMARTS) is 1. The molecule has 0 spiro atoms. The lowest BCUT2D eigenvalue weighted by Gasteiger charge is -2.30. The summed E-state index contributed by atoms with van der Waals surface area (Å²) in [7, 11) is 0. The highest BCUT2D eigenvalue weighted by molar-refractivity contribution is 5.97. The number of carbonyl (C=O) groups excluding carboxylic acids is 2. The molecule has 31 heavy (non-hydrogen) atoms. The molecule has 2 unspecified atom stereocenters. The van der Waals surface area contributed by atoms with Crippen molar-refractivity contribution in [1.82, 2.24) is 5.32 Å². The molecule has 7 heteroatoms. The number of ketones is 1. The third kappa shape index (κ3) is 5.37. The van der Waals surface area contributed by atoms with Crippen LogP contribution in [0.1, 0.15) is 30.4 Å². The van der Waals surface area contributed by atoms with Crippen molar-refractivity contribution in [2.45, 2.75) is 49.7 Å². The van der Waals surface area contributed by atoms with Gasteiger partial charge >= 0.3 is 5.97 Å². The van der Waals surface area contributed by atoms with Crippen LogP contribution >= 0.6 is 0 Å². The molecule has 0 radical (unpaired) electrons. The predicted molar refractivity (Wildman–Crippen MR) is 117 cm³/mol. The minimum Gasteiger partial charge on any atom is -0.480 e. The highest BCUT2D eigenvalue weighted by atomic mass is 16.4. The van der Waals surface area contributed by atoms with E-state index in [2.05, 4.69) is 5.32 Å². The number of hydrogen-bond acceptors (Lipinski definition) is 5. The summed E-state index contributed by atoms with van der Waals surface area (Å²) in [4.78, 5) is 38.0. The molecule has 0 bridgehead atoms. The number of aliphatic carboxylic acids is 1. The summed E-state index contributed by atoms with van der Waals surface area (Å²) in [5.74, 6) is -2.85. The maximum absolute atomic E-state index is 13.4. The monoisotopic (exact) mass is 423 g/mol. The first-order valence-electron chi connectivity index (χ1n) is 10.5. The van der Waals surface area contributed by atoms with Gasteiger partial charge in [-0.1, -0.05) is 67.1 Å². The van der Waals surface area contributed by atoms with E-state index in [1.807, 2.05) is 60.7 Å². The van der Waals surface area contributed by atoms with Crippen molar-refractivity contribution in [2.75, 3.05) is 0 Å². The Morgan fingerprint density at radius 3 is 2.10 bits per heavy atom. The van der Waals surface area contributed by atoms with E-state index >= 15 is 0 Å². The molecule has 2 aromatic rings. The molecule has 6 N–H and O–H groups in total. The van der Waals surface area contributed by atoms with E-state index < -0.39 is 35.4 Å². The Kier molecular flexibility index (Phi) is 7.20. The molecule has 1 fully saturated rings. The molecule has 3 rings (SSSR count). The van der Waals surface area contributed by atoms with Crippen LogP contribution in [0.4, 0.5) is 0 Å². The molecule has 0 heterocycles. The average molecular weight is 424 g/mol. The standard InChI is InChI=1S/C24H29N3O4/c25-19(14-16-8-3-1-4-9-16)22(29)27-20(15-17-10-5-2-6-11-17)21(28)18-12-7-13-24(18,26)23(30)31/h1-6,8-11,18-20H,7,12-15,25-26H2,(H,27,29)(H,30,31)/t18?,19-,20-,24?/m0/s1. The summed E-state index contributed by atoms with van der Waals surface area (Å²) in [6.45, 7) is 0. The van der Waals surface area contributed by atoms with Gasteiger partial charge in [0.05, 0.1) is 12.1 Å². The van der Waals surface area contributed by atoms with E-state index in [-0.39, 0.29) is 18.6 Å². The van der Waals surface area contributed by atoms with E-state index in [9.17, 15) is 19.5 Å². The summed E-state index contributed by atoms with van der Waals surface area (Å²) in [6, 6.07) is 16.9. The van der Waals surface area contributed by atoms with Gasteiger partial charge in [-0.15, -0.1) is 0 Å². The number of rotatable bonds is 9. The van der Waals surface area contributed by atoms with Crippen molar-refractivity contribution >= 4 is 17.7 Å². The lowest BCUT2D eigenvalue weighted by molar-refractivity contribution is -0.148. The third-order valence-corrected chi connectivity index (χ3v) is 6.02. The van der Waals surface area contributed by atoms with Gasteiger partial charge < -0.3 is 21.9 Å². The summed E-state index contributed by atoms with van der Waals surface area (Å²) < 4.78 is 0. The Balaban J connectivity index is 1.78. The third-order valence-electron chi connectivity index (χ3n) is 6.02. The number of Topliss-reactive ketones (excluding diaryl/α,β-unsaturated/α-hetero) is 1. The van der Waals surface area contributed by atoms with E-state index in [4.69, 9.17) is 11.5 Å². The first-order chi connectivity index (χ1) is 14.8. The van der Waals surface area contributed by atoms with Gasteiger partial charge in [0.15, 0.2) is 5.78 Å². The zero-order chi connectivity index (χ0) is 22.4. The quantitative estimate of drug-likeness (QED) is 0.482. The van der Waals surface area contributed by atoms with Crippen molar-refractivity contribution in [2.24, 2.45) is 17.4 Å². The molecular formula is C24H29N3O4. The van der Waals surface area contributed by atoms with Crippen molar-refractivity contribution < 1.29 is 19.5 Å². The molecule has 0 aliphatic heterocycles. The zero-order valence-electron chi connectivity index (χ0n) is 17.4. The average Bonchev–Trinajstić information content (AvgIpc) is 3.17. The van der Waals surface area contributed by atoms with E-state index in [0.29, 0.717) is 19.3 Å². The molecule has 2 aromatic carbocycles. The van der Waals surface area contributed by atoms with Crippen LogP contribution in [0, 0.1) is 5.92 Å². The number of amides is 1. The Bertz CT molecular complexity index is 919. The maximum atomic E-state index is 13.4. The van der Waals surface area contributed by atoms with Crippen molar-refractivity contribution in [3.8, 4) is 0 Å². The second-order valence-corrected chi connectivity index (χ2v) is 8.24. The number of carbonyl (C=O) groups is 3. The summed E-state index contributed by atoms with van der Waals surface area (Å²) in [6.07, 6.45) is 1.75. The first kappa shape index (κ1) is 22.7. The molecule has 1 saturated carbocycles. The molecule has 1 amide bonds. The number of benzene rings is 2. The minimum atomic E-state index is -1.61. The van der Waals surface area contributed by atoms with Gasteiger partial charge in [0.2, 0.25) is 5.91 Å². The first-order valence-corrected chi connectivity index (χ1v) is 10.5. The smallest absolute Gasteiger partial charge is 0.324 e. The summed E-state index contributed by atoms with van der Waals surface area (Å²) >= 11 is 0. The number of nitrogens with two attached hydrogens (primary N) is 2. The van der Waals surface area contributed by atoms with E-state index in [0.717, 1.165) is 11.1 Å². The van der Waals surface area contributed by atoms with E-state index in [1.54, 1.807) is 0 Å². The van der Waals surface area contributed by atoms with Gasteiger partial charge in [0.25, 0.3) is 0 Å². The Morgan fingerprint density at radius 1 is 1.00 bits per heavy atom. The van der Waals surface area contributed by atoms with Crippen LogP contribution in [0.25, 0.3) is 0 Å². The summed E-state index contributed by atoms with van der Waals surface area (Å²) in [5.41, 5.74) is 12.4. The molecular weight excluding hydrogens is 394 g/mol. The summed E-state index contributed by atoms with van der Waals surface area (Å²) in [5, 5.41) is 12.4. The second kappa shape index (κ2) is 9.85. The minimum absolute atomic E-state index is 0.234. The molecule has 1 aliphatic rings. The van der Waals surface area contributed by atoms with Crippen molar-refractivity contribution in [1.29, 1.82) is 0 Å².